The van der Waals surface area contributed by atoms with Gasteiger partial charge in [-0.15, -0.1) is 0 Å². The Balaban J connectivity index is 1.47. The maximum Gasteiger partial charge on any atom is 0.224 e. The standard InChI is InChI=1S/C17H22N2O2/c20-15-8-11-17(19-15)9-6-14(7-10-17)18-16(21)12-13-4-2-1-3-5-13/h1-5,14H,6-12H2,(H,18,21)(H,19,20). The smallest absolute Gasteiger partial charge is 0.224 e. The Morgan fingerprint density at radius 2 is 1.90 bits per heavy atom. The van der Waals surface area contributed by atoms with E-state index in [0.29, 0.717) is 12.8 Å². The minimum absolute atomic E-state index is 0.0255. The molecular weight excluding hydrogens is 264 g/mol. The van der Waals surface area contributed by atoms with Gasteiger partial charge in [0.05, 0.1) is 6.42 Å². The van der Waals surface area contributed by atoms with Crippen molar-refractivity contribution in [1.82, 2.24) is 10.6 Å². The molecule has 21 heavy (non-hydrogen) atoms. The van der Waals surface area contributed by atoms with E-state index in [2.05, 4.69) is 10.6 Å². The summed E-state index contributed by atoms with van der Waals surface area (Å²) in [7, 11) is 0. The lowest BCUT2D eigenvalue weighted by molar-refractivity contribution is -0.122. The fourth-order valence-electron chi connectivity index (χ4n) is 3.52. The predicted octanol–water partition coefficient (Wildman–Crippen LogP) is 1.94. The quantitative estimate of drug-likeness (QED) is 0.892. The molecule has 0 atom stereocenters. The predicted molar refractivity (Wildman–Crippen MR) is 80.7 cm³/mol. The summed E-state index contributed by atoms with van der Waals surface area (Å²) in [6.07, 6.45) is 5.94. The number of carbonyl (C=O) groups is 2. The summed E-state index contributed by atoms with van der Waals surface area (Å²) >= 11 is 0. The lowest BCUT2D eigenvalue weighted by Gasteiger charge is -2.37. The van der Waals surface area contributed by atoms with Crippen LogP contribution in [0.25, 0.3) is 0 Å². The average Bonchev–Trinajstić information content (AvgIpc) is 2.84. The average molecular weight is 286 g/mol. The molecule has 1 aromatic rings. The van der Waals surface area contributed by atoms with Gasteiger partial charge in [0.2, 0.25) is 11.8 Å². The monoisotopic (exact) mass is 286 g/mol. The molecule has 2 aliphatic rings. The molecule has 1 saturated carbocycles. The van der Waals surface area contributed by atoms with Crippen molar-refractivity contribution in [2.45, 2.75) is 56.5 Å². The van der Waals surface area contributed by atoms with Crippen molar-refractivity contribution in [1.29, 1.82) is 0 Å². The van der Waals surface area contributed by atoms with Gasteiger partial charge in [0.25, 0.3) is 0 Å². The number of carbonyl (C=O) groups excluding carboxylic acids is 2. The lowest BCUT2D eigenvalue weighted by Crippen LogP contribution is -2.49. The molecule has 1 aliphatic heterocycles. The van der Waals surface area contributed by atoms with Crippen molar-refractivity contribution < 1.29 is 9.59 Å². The van der Waals surface area contributed by atoms with Crippen LogP contribution >= 0.6 is 0 Å². The molecule has 112 valence electrons. The van der Waals surface area contributed by atoms with Gasteiger partial charge in [0.15, 0.2) is 0 Å². The second-order valence-corrected chi connectivity index (χ2v) is 6.33. The summed E-state index contributed by atoms with van der Waals surface area (Å²) in [5.41, 5.74) is 1.07. The molecule has 0 bridgehead atoms. The van der Waals surface area contributed by atoms with Crippen LogP contribution in [0.15, 0.2) is 30.3 Å². The lowest BCUT2D eigenvalue weighted by atomic mass is 9.78. The van der Waals surface area contributed by atoms with Crippen LogP contribution in [-0.4, -0.2) is 23.4 Å². The van der Waals surface area contributed by atoms with Gasteiger partial charge < -0.3 is 10.6 Å². The van der Waals surface area contributed by atoms with E-state index < -0.39 is 0 Å². The Morgan fingerprint density at radius 3 is 2.52 bits per heavy atom. The second kappa shape index (κ2) is 5.88. The fourth-order valence-corrected chi connectivity index (χ4v) is 3.52. The number of hydrogen-bond acceptors (Lipinski definition) is 2. The van der Waals surface area contributed by atoms with E-state index in [4.69, 9.17) is 0 Å². The topological polar surface area (TPSA) is 58.2 Å². The first kappa shape index (κ1) is 14.1. The molecule has 1 aliphatic carbocycles. The maximum absolute atomic E-state index is 12.1. The molecule has 1 aromatic carbocycles. The van der Waals surface area contributed by atoms with E-state index in [9.17, 15) is 9.59 Å². The zero-order valence-corrected chi connectivity index (χ0v) is 12.2. The molecule has 2 N–H and O–H groups in total. The molecule has 1 saturated heterocycles. The Morgan fingerprint density at radius 1 is 1.19 bits per heavy atom. The van der Waals surface area contributed by atoms with Crippen LogP contribution in [0.5, 0.6) is 0 Å². The van der Waals surface area contributed by atoms with Gasteiger partial charge in [0, 0.05) is 18.0 Å². The van der Waals surface area contributed by atoms with Crippen LogP contribution in [0.3, 0.4) is 0 Å². The molecule has 4 nitrogen and oxygen atoms in total. The Labute approximate surface area is 125 Å². The maximum atomic E-state index is 12.1. The highest BCUT2D eigenvalue weighted by Crippen LogP contribution is 2.35. The summed E-state index contributed by atoms with van der Waals surface area (Å²) in [5, 5.41) is 6.26. The van der Waals surface area contributed by atoms with Crippen LogP contribution in [-0.2, 0) is 16.0 Å². The number of nitrogens with one attached hydrogen (secondary N) is 2. The molecule has 0 aromatic heterocycles. The van der Waals surface area contributed by atoms with E-state index >= 15 is 0 Å². The molecule has 4 heteroatoms. The van der Waals surface area contributed by atoms with Gasteiger partial charge in [-0.05, 0) is 37.7 Å². The second-order valence-electron chi connectivity index (χ2n) is 6.33. The molecule has 0 radical (unpaired) electrons. The van der Waals surface area contributed by atoms with Crippen LogP contribution < -0.4 is 10.6 Å². The van der Waals surface area contributed by atoms with Gasteiger partial charge in [-0.2, -0.15) is 0 Å². The van der Waals surface area contributed by atoms with E-state index in [1.165, 1.54) is 0 Å². The van der Waals surface area contributed by atoms with E-state index in [-0.39, 0.29) is 23.4 Å². The van der Waals surface area contributed by atoms with Gasteiger partial charge in [0.1, 0.15) is 0 Å². The molecule has 0 unspecified atom stereocenters. The third-order valence-electron chi connectivity index (χ3n) is 4.75. The Kier molecular flexibility index (Phi) is 3.95. The highest BCUT2D eigenvalue weighted by atomic mass is 16.2. The first-order chi connectivity index (χ1) is 10.2. The van der Waals surface area contributed by atoms with Crippen molar-refractivity contribution >= 4 is 11.8 Å². The zero-order valence-electron chi connectivity index (χ0n) is 12.2. The van der Waals surface area contributed by atoms with Crippen LogP contribution in [0, 0.1) is 0 Å². The molecule has 1 heterocycles. The fraction of sp³-hybridized carbons (Fsp3) is 0.529. The summed E-state index contributed by atoms with van der Waals surface area (Å²) in [4.78, 5) is 23.5. The van der Waals surface area contributed by atoms with Crippen molar-refractivity contribution in [3.8, 4) is 0 Å². The summed E-state index contributed by atoms with van der Waals surface area (Å²) in [6, 6.07) is 10.1. The highest BCUT2D eigenvalue weighted by Gasteiger charge is 2.40. The molecular formula is C17H22N2O2. The summed E-state index contributed by atoms with van der Waals surface area (Å²) < 4.78 is 0. The molecule has 2 fully saturated rings. The minimum Gasteiger partial charge on any atom is -0.353 e. The van der Waals surface area contributed by atoms with Crippen molar-refractivity contribution in [2.24, 2.45) is 0 Å². The van der Waals surface area contributed by atoms with Crippen molar-refractivity contribution in [3.05, 3.63) is 35.9 Å². The molecule has 1 spiro atoms. The van der Waals surface area contributed by atoms with Gasteiger partial charge in [-0.3, -0.25) is 9.59 Å². The zero-order chi connectivity index (χ0) is 14.7. The van der Waals surface area contributed by atoms with E-state index in [0.717, 1.165) is 37.7 Å². The van der Waals surface area contributed by atoms with Gasteiger partial charge >= 0.3 is 0 Å². The first-order valence-electron chi connectivity index (χ1n) is 7.80. The minimum atomic E-state index is 0.0255. The number of rotatable bonds is 3. The largest absolute Gasteiger partial charge is 0.353 e. The Bertz CT molecular complexity index is 519. The van der Waals surface area contributed by atoms with E-state index in [1.54, 1.807) is 0 Å². The van der Waals surface area contributed by atoms with Crippen molar-refractivity contribution in [2.75, 3.05) is 0 Å². The van der Waals surface area contributed by atoms with Crippen LogP contribution in [0.4, 0.5) is 0 Å². The summed E-state index contributed by atoms with van der Waals surface area (Å²) in [5.74, 6) is 0.277. The number of benzene rings is 1. The van der Waals surface area contributed by atoms with Gasteiger partial charge in [-0.25, -0.2) is 0 Å². The third-order valence-corrected chi connectivity index (χ3v) is 4.75. The summed E-state index contributed by atoms with van der Waals surface area (Å²) in [6.45, 7) is 0. The first-order valence-corrected chi connectivity index (χ1v) is 7.80. The Hall–Kier alpha value is -1.84. The SMILES string of the molecule is O=C(Cc1ccccc1)NC1CCC2(CCC(=O)N2)CC1. The molecule has 3 rings (SSSR count). The van der Waals surface area contributed by atoms with Crippen LogP contribution in [0.2, 0.25) is 0 Å². The normalized spacial score (nSPS) is 28.4. The van der Waals surface area contributed by atoms with Crippen LogP contribution in [0.1, 0.15) is 44.1 Å². The highest BCUT2D eigenvalue weighted by molar-refractivity contribution is 5.80. The molecule has 2 amide bonds. The van der Waals surface area contributed by atoms with E-state index in [1.807, 2.05) is 30.3 Å². The third kappa shape index (κ3) is 3.43. The van der Waals surface area contributed by atoms with Crippen molar-refractivity contribution in [3.63, 3.8) is 0 Å². The number of hydrogen-bond donors (Lipinski definition) is 2. The van der Waals surface area contributed by atoms with Gasteiger partial charge in [-0.1, -0.05) is 30.3 Å². The number of amides is 2.